The van der Waals surface area contributed by atoms with E-state index in [9.17, 15) is 0 Å². The zero-order chi connectivity index (χ0) is 16.9. The van der Waals surface area contributed by atoms with E-state index in [0.717, 1.165) is 36.6 Å². The zero-order valence-corrected chi connectivity index (χ0v) is 15.2. The van der Waals surface area contributed by atoms with Gasteiger partial charge in [0, 0.05) is 11.4 Å². The van der Waals surface area contributed by atoms with Crippen molar-refractivity contribution in [2.24, 2.45) is 0 Å². The Balaban J connectivity index is 1.69. The van der Waals surface area contributed by atoms with Gasteiger partial charge in [-0.1, -0.05) is 49.7 Å². The fraction of sp³-hybridized carbons (Fsp3) is 0.429. The number of rotatable bonds is 6. The molecule has 0 unspecified atom stereocenters. The van der Waals surface area contributed by atoms with Crippen LogP contribution in [0.4, 0.5) is 0 Å². The molecule has 0 spiro atoms. The van der Waals surface area contributed by atoms with Crippen molar-refractivity contribution in [1.29, 1.82) is 0 Å². The van der Waals surface area contributed by atoms with E-state index in [4.69, 9.17) is 21.1 Å². The Kier molecular flexibility index (Phi) is 5.80. The van der Waals surface area contributed by atoms with Gasteiger partial charge in [0.2, 0.25) is 0 Å². The van der Waals surface area contributed by atoms with Crippen molar-refractivity contribution in [1.82, 2.24) is 0 Å². The first-order chi connectivity index (χ1) is 11.7. The maximum Gasteiger partial charge on any atom is 0.124 e. The van der Waals surface area contributed by atoms with E-state index in [-0.39, 0.29) is 6.10 Å². The van der Waals surface area contributed by atoms with Gasteiger partial charge < -0.3 is 9.47 Å². The quantitative estimate of drug-likeness (QED) is 0.677. The van der Waals surface area contributed by atoms with Gasteiger partial charge in [0.15, 0.2) is 0 Å². The Morgan fingerprint density at radius 2 is 2.00 bits per heavy atom. The Morgan fingerprint density at radius 1 is 1.21 bits per heavy atom. The highest BCUT2D eigenvalue weighted by Crippen LogP contribution is 2.27. The average molecular weight is 345 g/mol. The second-order valence-corrected chi connectivity index (χ2v) is 6.99. The smallest absolute Gasteiger partial charge is 0.124 e. The summed E-state index contributed by atoms with van der Waals surface area (Å²) in [7, 11) is 0. The van der Waals surface area contributed by atoms with Gasteiger partial charge in [0.25, 0.3) is 0 Å². The largest absolute Gasteiger partial charge is 0.488 e. The van der Waals surface area contributed by atoms with Crippen LogP contribution in [0.25, 0.3) is 0 Å². The summed E-state index contributed by atoms with van der Waals surface area (Å²) in [5.74, 6) is 1.47. The first kappa shape index (κ1) is 17.3. The highest BCUT2D eigenvalue weighted by Gasteiger charge is 2.17. The first-order valence-corrected chi connectivity index (χ1v) is 9.15. The number of benzene rings is 2. The molecule has 128 valence electrons. The third kappa shape index (κ3) is 4.31. The van der Waals surface area contributed by atoms with E-state index in [1.807, 2.05) is 18.2 Å². The summed E-state index contributed by atoms with van der Waals surface area (Å²) in [6.07, 6.45) is 3.14. The van der Waals surface area contributed by atoms with E-state index in [2.05, 4.69) is 38.1 Å². The fourth-order valence-electron chi connectivity index (χ4n) is 2.98. The molecule has 0 N–H and O–H groups in total. The second-order valence-electron chi connectivity index (χ2n) is 6.58. The Bertz CT molecular complexity index is 660. The van der Waals surface area contributed by atoms with Crippen LogP contribution in [0.5, 0.6) is 5.75 Å². The molecule has 1 fully saturated rings. The molecule has 0 bridgehead atoms. The normalized spacial score (nSPS) is 18.5. The molecule has 2 nitrogen and oxygen atoms in total. The molecule has 1 aliphatic rings. The Hall–Kier alpha value is -1.51. The lowest BCUT2D eigenvalue weighted by molar-refractivity contribution is 0.141. The molecule has 2 aromatic rings. The molecule has 1 saturated heterocycles. The van der Waals surface area contributed by atoms with E-state index < -0.39 is 0 Å². The van der Waals surface area contributed by atoms with Crippen LogP contribution >= 0.6 is 11.6 Å². The SMILES string of the molecule is CC[C@@H](C)c1ccc(Cl)c(Cc2ccc(O[C@@H]3CCOC3)cc2)c1. The van der Waals surface area contributed by atoms with Crippen LogP contribution in [0.2, 0.25) is 5.02 Å². The Morgan fingerprint density at radius 3 is 2.67 bits per heavy atom. The minimum absolute atomic E-state index is 0.192. The van der Waals surface area contributed by atoms with E-state index in [0.29, 0.717) is 12.5 Å². The van der Waals surface area contributed by atoms with Gasteiger partial charge in [-0.15, -0.1) is 0 Å². The van der Waals surface area contributed by atoms with Gasteiger partial charge in [-0.3, -0.25) is 0 Å². The zero-order valence-electron chi connectivity index (χ0n) is 14.4. The maximum absolute atomic E-state index is 6.40. The van der Waals surface area contributed by atoms with Crippen molar-refractivity contribution < 1.29 is 9.47 Å². The van der Waals surface area contributed by atoms with E-state index >= 15 is 0 Å². The van der Waals surface area contributed by atoms with Gasteiger partial charge in [0.1, 0.15) is 11.9 Å². The fourth-order valence-corrected chi connectivity index (χ4v) is 3.16. The van der Waals surface area contributed by atoms with Gasteiger partial charge in [-0.25, -0.2) is 0 Å². The highest BCUT2D eigenvalue weighted by molar-refractivity contribution is 6.31. The molecule has 2 atom stereocenters. The molecule has 24 heavy (non-hydrogen) atoms. The third-order valence-electron chi connectivity index (χ3n) is 4.76. The number of halogens is 1. The average Bonchev–Trinajstić information content (AvgIpc) is 3.11. The molecule has 0 saturated carbocycles. The standard InChI is InChI=1S/C21H25ClO2/c1-3-15(2)17-6-9-21(22)18(13-17)12-16-4-7-19(8-5-16)24-20-10-11-23-14-20/h4-9,13,15,20H,3,10-12,14H2,1-2H3/t15-,20-/m1/s1. The monoisotopic (exact) mass is 344 g/mol. The molecule has 1 heterocycles. The van der Waals surface area contributed by atoms with Crippen LogP contribution < -0.4 is 4.74 Å². The van der Waals surface area contributed by atoms with Crippen molar-refractivity contribution in [3.63, 3.8) is 0 Å². The third-order valence-corrected chi connectivity index (χ3v) is 5.13. The molecule has 0 aromatic heterocycles. The van der Waals surface area contributed by atoms with Gasteiger partial charge in [-0.2, -0.15) is 0 Å². The van der Waals surface area contributed by atoms with E-state index in [1.165, 1.54) is 16.7 Å². The van der Waals surface area contributed by atoms with Crippen LogP contribution in [0.15, 0.2) is 42.5 Å². The van der Waals surface area contributed by atoms with E-state index in [1.54, 1.807) is 0 Å². The lowest BCUT2D eigenvalue weighted by atomic mass is 9.95. The van der Waals surface area contributed by atoms with Crippen molar-refractivity contribution in [2.75, 3.05) is 13.2 Å². The van der Waals surface area contributed by atoms with Gasteiger partial charge >= 0.3 is 0 Å². The molecule has 3 rings (SSSR count). The van der Waals surface area contributed by atoms with Crippen LogP contribution in [0.1, 0.15) is 49.3 Å². The highest BCUT2D eigenvalue weighted by atomic mass is 35.5. The van der Waals surface area contributed by atoms with Gasteiger partial charge in [-0.05, 0) is 53.6 Å². The molecule has 2 aromatic carbocycles. The molecular formula is C21H25ClO2. The predicted octanol–water partition coefficient (Wildman–Crippen LogP) is 5.61. The Labute approximate surface area is 149 Å². The minimum atomic E-state index is 0.192. The van der Waals surface area contributed by atoms with Gasteiger partial charge in [0.05, 0.1) is 13.2 Å². The van der Waals surface area contributed by atoms with Crippen molar-refractivity contribution >= 4 is 11.6 Å². The van der Waals surface area contributed by atoms with Crippen LogP contribution in [0.3, 0.4) is 0 Å². The lowest BCUT2D eigenvalue weighted by Crippen LogP contribution is -2.15. The van der Waals surface area contributed by atoms with Crippen LogP contribution in [-0.2, 0) is 11.2 Å². The predicted molar refractivity (Wildman–Crippen MR) is 99.3 cm³/mol. The minimum Gasteiger partial charge on any atom is -0.488 e. The maximum atomic E-state index is 6.40. The summed E-state index contributed by atoms with van der Waals surface area (Å²) in [4.78, 5) is 0. The van der Waals surface area contributed by atoms with Crippen molar-refractivity contribution in [2.45, 2.75) is 45.1 Å². The molecular weight excluding hydrogens is 320 g/mol. The second kappa shape index (κ2) is 8.04. The summed E-state index contributed by atoms with van der Waals surface area (Å²) in [5.41, 5.74) is 3.79. The molecule has 3 heteroatoms. The summed E-state index contributed by atoms with van der Waals surface area (Å²) in [5, 5.41) is 0.838. The summed E-state index contributed by atoms with van der Waals surface area (Å²) < 4.78 is 11.3. The van der Waals surface area contributed by atoms with Crippen LogP contribution in [-0.4, -0.2) is 19.3 Å². The summed E-state index contributed by atoms with van der Waals surface area (Å²) >= 11 is 6.40. The topological polar surface area (TPSA) is 18.5 Å². The number of hydrogen-bond donors (Lipinski definition) is 0. The van der Waals surface area contributed by atoms with Crippen molar-refractivity contribution in [3.8, 4) is 5.75 Å². The number of hydrogen-bond acceptors (Lipinski definition) is 2. The molecule has 0 radical (unpaired) electrons. The molecule has 0 aliphatic carbocycles. The summed E-state index contributed by atoms with van der Waals surface area (Å²) in [6.45, 7) is 5.96. The van der Waals surface area contributed by atoms with Crippen LogP contribution in [0, 0.1) is 0 Å². The molecule has 1 aliphatic heterocycles. The van der Waals surface area contributed by atoms with Crippen molar-refractivity contribution in [3.05, 3.63) is 64.2 Å². The molecule has 0 amide bonds. The lowest BCUT2D eigenvalue weighted by Gasteiger charge is -2.14. The first-order valence-electron chi connectivity index (χ1n) is 8.77. The number of ether oxygens (including phenoxy) is 2. The summed E-state index contributed by atoms with van der Waals surface area (Å²) in [6, 6.07) is 14.7.